The second kappa shape index (κ2) is 7.57. The molecule has 176 valence electrons. The van der Waals surface area contributed by atoms with Crippen molar-refractivity contribution in [2.24, 2.45) is 5.92 Å². The van der Waals surface area contributed by atoms with Gasteiger partial charge in [-0.25, -0.2) is 0 Å². The van der Waals surface area contributed by atoms with E-state index in [9.17, 15) is 9.59 Å². The summed E-state index contributed by atoms with van der Waals surface area (Å²) in [6.45, 7) is 0.904. The molecule has 4 aliphatic rings. The first-order chi connectivity index (χ1) is 17.1. The molecule has 0 aromatic heterocycles. The van der Waals surface area contributed by atoms with E-state index in [-0.39, 0.29) is 30.4 Å². The fourth-order valence-corrected chi connectivity index (χ4v) is 6.93. The molecular weight excluding hydrogens is 464 g/mol. The molecule has 1 spiro atoms. The van der Waals surface area contributed by atoms with Gasteiger partial charge in [0.1, 0.15) is 5.54 Å². The molecule has 4 aliphatic heterocycles. The summed E-state index contributed by atoms with van der Waals surface area (Å²) < 4.78 is 11.0. The molecule has 7 heteroatoms. The van der Waals surface area contributed by atoms with Gasteiger partial charge in [0.25, 0.3) is 0 Å². The first kappa shape index (κ1) is 21.0. The van der Waals surface area contributed by atoms with Crippen LogP contribution in [0, 0.1) is 5.92 Å². The largest absolute Gasteiger partial charge is 0.454 e. The normalized spacial score (nSPS) is 28.3. The number of rotatable bonds is 3. The second-order valence-electron chi connectivity index (χ2n) is 9.66. The number of hydrogen-bond acceptors (Lipinski definition) is 5. The van der Waals surface area contributed by atoms with Crippen LogP contribution in [0.4, 0.5) is 5.69 Å². The van der Waals surface area contributed by atoms with E-state index in [1.54, 1.807) is 18.2 Å². The zero-order valence-corrected chi connectivity index (χ0v) is 19.6. The van der Waals surface area contributed by atoms with Gasteiger partial charge in [0, 0.05) is 33.8 Å². The van der Waals surface area contributed by atoms with Crippen molar-refractivity contribution in [1.29, 1.82) is 0 Å². The Morgan fingerprint density at radius 1 is 1.03 bits per heavy atom. The first-order valence-electron chi connectivity index (χ1n) is 12.0. The van der Waals surface area contributed by atoms with E-state index < -0.39 is 11.5 Å². The van der Waals surface area contributed by atoms with Crippen LogP contribution in [0.3, 0.4) is 0 Å². The summed E-state index contributed by atoms with van der Waals surface area (Å²) >= 11 is 6.22. The maximum atomic E-state index is 14.5. The van der Waals surface area contributed by atoms with Crippen molar-refractivity contribution >= 4 is 29.0 Å². The third kappa shape index (κ3) is 2.81. The predicted octanol–water partition coefficient (Wildman–Crippen LogP) is 4.98. The minimum Gasteiger partial charge on any atom is -0.454 e. The monoisotopic (exact) mass is 486 g/mol. The van der Waals surface area contributed by atoms with E-state index in [4.69, 9.17) is 21.1 Å². The Labute approximate surface area is 207 Å². The van der Waals surface area contributed by atoms with Crippen molar-refractivity contribution in [3.63, 3.8) is 0 Å². The lowest BCUT2D eigenvalue weighted by molar-refractivity contribution is -0.127. The van der Waals surface area contributed by atoms with Gasteiger partial charge in [-0.05, 0) is 61.3 Å². The molecule has 1 amide bonds. The number of para-hydroxylation sites is 1. The van der Waals surface area contributed by atoms with E-state index in [0.717, 1.165) is 36.2 Å². The van der Waals surface area contributed by atoms with Crippen LogP contribution in [0.15, 0.2) is 66.7 Å². The number of fused-ring (bicyclic) bond motifs is 5. The quantitative estimate of drug-likeness (QED) is 0.529. The number of benzene rings is 3. The number of ether oxygens (including phenoxy) is 2. The number of hydrogen-bond donors (Lipinski definition) is 1. The van der Waals surface area contributed by atoms with Gasteiger partial charge in [-0.2, -0.15) is 0 Å². The maximum absolute atomic E-state index is 14.5. The lowest BCUT2D eigenvalue weighted by Crippen LogP contribution is -2.52. The second-order valence-corrected chi connectivity index (χ2v) is 10.1. The molecule has 2 fully saturated rings. The van der Waals surface area contributed by atoms with Crippen molar-refractivity contribution in [2.75, 3.05) is 18.7 Å². The average molecular weight is 487 g/mol. The van der Waals surface area contributed by atoms with Gasteiger partial charge in [0.2, 0.25) is 12.7 Å². The Balaban J connectivity index is 1.46. The van der Waals surface area contributed by atoms with E-state index in [0.29, 0.717) is 22.1 Å². The summed E-state index contributed by atoms with van der Waals surface area (Å²) in [6.07, 6.45) is 1.91. The van der Waals surface area contributed by atoms with E-state index in [2.05, 4.69) is 10.2 Å². The number of ketones is 1. The van der Waals surface area contributed by atoms with Crippen molar-refractivity contribution in [1.82, 2.24) is 4.90 Å². The van der Waals surface area contributed by atoms with Crippen LogP contribution in [0.2, 0.25) is 5.02 Å². The fraction of sp³-hybridized carbons (Fsp3) is 0.286. The van der Waals surface area contributed by atoms with E-state index in [1.807, 2.05) is 48.5 Å². The van der Waals surface area contributed by atoms with Gasteiger partial charge in [-0.15, -0.1) is 0 Å². The Hall–Kier alpha value is -3.35. The molecule has 4 unspecified atom stereocenters. The molecule has 6 nitrogen and oxygen atoms in total. The summed E-state index contributed by atoms with van der Waals surface area (Å²) in [6, 6.07) is 20.9. The number of amides is 1. The Bertz CT molecular complexity index is 1370. The Morgan fingerprint density at radius 2 is 1.83 bits per heavy atom. The maximum Gasteiger partial charge on any atom is 0.250 e. The molecule has 1 N–H and O–H groups in total. The van der Waals surface area contributed by atoms with Gasteiger partial charge in [-0.1, -0.05) is 41.9 Å². The minimum absolute atomic E-state index is 0.0653. The standard InChI is InChI=1S/C28H23ClN2O4/c29-18-10-7-16(8-11-18)24-21-6-3-13-31(21)28(19-4-1-2-5-20(19)30-27(28)33)25(24)26(32)17-9-12-22-23(14-17)35-15-34-22/h1-2,4-5,7-12,14,21,24-25H,3,6,13,15H2,(H,30,33). The minimum atomic E-state index is -1.07. The number of halogens is 1. The summed E-state index contributed by atoms with van der Waals surface area (Å²) in [5, 5.41) is 3.75. The van der Waals surface area contributed by atoms with Crippen LogP contribution >= 0.6 is 11.6 Å². The summed E-state index contributed by atoms with van der Waals surface area (Å²) in [5.41, 5.74) is 2.14. The Kier molecular flexibility index (Phi) is 4.54. The van der Waals surface area contributed by atoms with Crippen LogP contribution in [0.1, 0.15) is 40.2 Å². The third-order valence-corrected chi connectivity index (χ3v) is 8.35. The van der Waals surface area contributed by atoms with Crippen molar-refractivity contribution < 1.29 is 19.1 Å². The molecule has 4 atom stereocenters. The van der Waals surface area contributed by atoms with Crippen LogP contribution in [-0.2, 0) is 10.3 Å². The topological polar surface area (TPSA) is 67.9 Å². The van der Waals surface area contributed by atoms with Gasteiger partial charge in [0.05, 0.1) is 5.92 Å². The summed E-state index contributed by atoms with van der Waals surface area (Å²) in [7, 11) is 0. The highest BCUT2D eigenvalue weighted by Crippen LogP contribution is 2.61. The van der Waals surface area contributed by atoms with E-state index >= 15 is 0 Å². The molecule has 0 bridgehead atoms. The van der Waals surface area contributed by atoms with E-state index in [1.165, 1.54) is 0 Å². The molecule has 4 heterocycles. The van der Waals surface area contributed by atoms with Crippen molar-refractivity contribution in [3.8, 4) is 11.5 Å². The molecule has 3 aromatic carbocycles. The van der Waals surface area contributed by atoms with Gasteiger partial charge >= 0.3 is 0 Å². The number of carbonyl (C=O) groups is 2. The summed E-state index contributed by atoms with van der Waals surface area (Å²) in [5.74, 6) is 0.220. The molecule has 2 saturated heterocycles. The molecule has 0 saturated carbocycles. The first-order valence-corrected chi connectivity index (χ1v) is 12.3. The third-order valence-electron chi connectivity index (χ3n) is 8.10. The van der Waals surface area contributed by atoms with Gasteiger partial charge in [0.15, 0.2) is 17.3 Å². The zero-order valence-electron chi connectivity index (χ0n) is 18.9. The molecule has 0 aliphatic carbocycles. The average Bonchev–Trinajstić information content (AvgIpc) is 3.63. The zero-order chi connectivity index (χ0) is 23.7. The predicted molar refractivity (Wildman–Crippen MR) is 131 cm³/mol. The summed E-state index contributed by atoms with van der Waals surface area (Å²) in [4.78, 5) is 30.8. The van der Waals surface area contributed by atoms with Crippen LogP contribution in [0.25, 0.3) is 0 Å². The molecule has 7 rings (SSSR count). The molecule has 35 heavy (non-hydrogen) atoms. The van der Waals surface area contributed by atoms with Crippen molar-refractivity contribution in [3.05, 3.63) is 88.4 Å². The number of carbonyl (C=O) groups excluding carboxylic acids is 2. The highest BCUT2D eigenvalue weighted by Gasteiger charge is 2.69. The number of Topliss-reactive ketones (excluding diaryl/α,β-unsaturated/α-hetero) is 1. The Morgan fingerprint density at radius 3 is 2.69 bits per heavy atom. The van der Waals surface area contributed by atoms with Crippen LogP contribution in [0.5, 0.6) is 11.5 Å². The lowest BCUT2D eigenvalue weighted by atomic mass is 9.69. The number of nitrogens with one attached hydrogen (secondary N) is 1. The molecular formula is C28H23ClN2O4. The van der Waals surface area contributed by atoms with Gasteiger partial charge in [-0.3, -0.25) is 14.5 Å². The smallest absolute Gasteiger partial charge is 0.250 e. The highest BCUT2D eigenvalue weighted by molar-refractivity contribution is 6.30. The molecule has 3 aromatic rings. The fourth-order valence-electron chi connectivity index (χ4n) is 6.80. The van der Waals surface area contributed by atoms with Crippen LogP contribution < -0.4 is 14.8 Å². The molecule has 0 radical (unpaired) electrons. The van der Waals surface area contributed by atoms with Crippen LogP contribution in [-0.4, -0.2) is 36.0 Å². The number of nitrogens with zero attached hydrogens (tertiary/aromatic N) is 1. The van der Waals surface area contributed by atoms with Crippen molar-refractivity contribution in [2.45, 2.75) is 30.3 Å². The SMILES string of the molecule is O=C(c1ccc2c(c1)OCO2)C1C(c2ccc(Cl)cc2)C2CCCN2C12C(=O)Nc1ccccc12. The number of anilines is 1. The lowest BCUT2D eigenvalue weighted by Gasteiger charge is -2.36. The van der Waals surface area contributed by atoms with Gasteiger partial charge < -0.3 is 14.8 Å². The highest BCUT2D eigenvalue weighted by atomic mass is 35.5.